The van der Waals surface area contributed by atoms with Crippen molar-refractivity contribution < 1.29 is 14.3 Å². The quantitative estimate of drug-likeness (QED) is 0.327. The number of nitrogens with zero attached hydrogens (tertiary/aromatic N) is 2. The van der Waals surface area contributed by atoms with Crippen LogP contribution >= 0.6 is 15.9 Å². The maximum Gasteiger partial charge on any atom is 0.140 e. The molecule has 0 bridgehead atoms. The van der Waals surface area contributed by atoms with Crippen LogP contribution in [0.3, 0.4) is 0 Å². The molecule has 0 saturated carbocycles. The van der Waals surface area contributed by atoms with Crippen LogP contribution in [0.1, 0.15) is 12.0 Å². The van der Waals surface area contributed by atoms with Gasteiger partial charge >= 0.3 is 0 Å². The second kappa shape index (κ2) is 8.89. The van der Waals surface area contributed by atoms with Crippen molar-refractivity contribution >= 4 is 21.8 Å². The average Bonchev–Trinajstić information content (AvgIpc) is 2.43. The van der Waals surface area contributed by atoms with E-state index in [2.05, 4.69) is 21.1 Å². The van der Waals surface area contributed by atoms with Crippen molar-refractivity contribution in [3.05, 3.63) is 34.1 Å². The van der Waals surface area contributed by atoms with Crippen molar-refractivity contribution in [1.82, 2.24) is 4.90 Å². The summed E-state index contributed by atoms with van der Waals surface area (Å²) >= 11 is 3.23. The van der Waals surface area contributed by atoms with Gasteiger partial charge < -0.3 is 15.7 Å². The molecule has 112 valence electrons. The third kappa shape index (κ3) is 5.85. The topological polar surface area (TPSA) is 71.1 Å². The first-order valence-corrected chi connectivity index (χ1v) is 6.97. The van der Waals surface area contributed by atoms with Gasteiger partial charge in [-0.25, -0.2) is 4.39 Å². The molecule has 1 rings (SSSR count). The molecule has 0 aromatic heterocycles. The van der Waals surface area contributed by atoms with Crippen molar-refractivity contribution in [2.75, 3.05) is 26.8 Å². The normalized spacial score (nSPS) is 12.1. The van der Waals surface area contributed by atoms with Crippen LogP contribution in [0.4, 0.5) is 4.39 Å². The molecule has 0 unspecified atom stereocenters. The standard InChI is InChI=1S/C13H19BrFN3O2/c1-20-7-6-18(5-4-13(16)17-19)9-10-2-3-11(14)8-12(10)15/h2-3,8,19H,4-7,9H2,1H3,(H2,16,17). The summed E-state index contributed by atoms with van der Waals surface area (Å²) in [4.78, 5) is 1.99. The fraction of sp³-hybridized carbons (Fsp3) is 0.462. The molecule has 0 aliphatic heterocycles. The van der Waals surface area contributed by atoms with Gasteiger partial charge in [-0.3, -0.25) is 4.90 Å². The number of oxime groups is 1. The summed E-state index contributed by atoms with van der Waals surface area (Å²) in [6, 6.07) is 4.98. The van der Waals surface area contributed by atoms with Gasteiger partial charge in [-0.1, -0.05) is 27.2 Å². The minimum absolute atomic E-state index is 0.156. The Hall–Kier alpha value is -1.18. The molecule has 0 amide bonds. The summed E-state index contributed by atoms with van der Waals surface area (Å²) in [7, 11) is 1.61. The number of ether oxygens (including phenoxy) is 1. The van der Waals surface area contributed by atoms with E-state index in [1.807, 2.05) is 4.90 Å². The van der Waals surface area contributed by atoms with Gasteiger partial charge in [-0.15, -0.1) is 0 Å². The minimum atomic E-state index is -0.259. The smallest absolute Gasteiger partial charge is 0.140 e. The van der Waals surface area contributed by atoms with Crippen LogP contribution in [-0.4, -0.2) is 42.7 Å². The van der Waals surface area contributed by atoms with Crippen molar-refractivity contribution in [2.24, 2.45) is 10.9 Å². The molecule has 0 radical (unpaired) electrons. The lowest BCUT2D eigenvalue weighted by Gasteiger charge is -2.22. The van der Waals surface area contributed by atoms with Crippen molar-refractivity contribution in [3.8, 4) is 0 Å². The molecule has 1 aromatic carbocycles. The van der Waals surface area contributed by atoms with Gasteiger partial charge in [0, 0.05) is 43.2 Å². The fourth-order valence-corrected chi connectivity index (χ4v) is 2.04. The lowest BCUT2D eigenvalue weighted by atomic mass is 10.2. The second-order valence-electron chi connectivity index (χ2n) is 4.35. The van der Waals surface area contributed by atoms with Crippen LogP contribution in [0, 0.1) is 5.82 Å². The molecule has 1 aromatic rings. The van der Waals surface area contributed by atoms with Gasteiger partial charge in [-0.2, -0.15) is 0 Å². The van der Waals surface area contributed by atoms with Gasteiger partial charge in [0.15, 0.2) is 0 Å². The molecule has 0 saturated heterocycles. The largest absolute Gasteiger partial charge is 0.409 e. The molecule has 0 aliphatic carbocycles. The van der Waals surface area contributed by atoms with Gasteiger partial charge in [0.2, 0.25) is 0 Å². The van der Waals surface area contributed by atoms with E-state index in [9.17, 15) is 4.39 Å². The minimum Gasteiger partial charge on any atom is -0.409 e. The molecule has 0 heterocycles. The van der Waals surface area contributed by atoms with Crippen molar-refractivity contribution in [1.29, 1.82) is 0 Å². The molecule has 7 heteroatoms. The zero-order valence-electron chi connectivity index (χ0n) is 11.4. The van der Waals surface area contributed by atoms with Crippen LogP contribution in [-0.2, 0) is 11.3 Å². The lowest BCUT2D eigenvalue weighted by Crippen LogP contribution is -2.31. The van der Waals surface area contributed by atoms with E-state index in [0.29, 0.717) is 42.7 Å². The van der Waals surface area contributed by atoms with Crippen molar-refractivity contribution in [2.45, 2.75) is 13.0 Å². The first kappa shape index (κ1) is 16.9. The number of amidine groups is 1. The van der Waals surface area contributed by atoms with Crippen molar-refractivity contribution in [3.63, 3.8) is 0 Å². The van der Waals surface area contributed by atoms with E-state index in [-0.39, 0.29) is 11.7 Å². The third-order valence-corrected chi connectivity index (χ3v) is 3.33. The second-order valence-corrected chi connectivity index (χ2v) is 5.26. The maximum atomic E-state index is 13.8. The molecule has 3 N–H and O–H groups in total. The SMILES string of the molecule is COCCN(CCC(N)=NO)Cc1ccc(Br)cc1F. The monoisotopic (exact) mass is 347 g/mol. The fourth-order valence-electron chi connectivity index (χ4n) is 1.70. The Morgan fingerprint density at radius 1 is 1.50 bits per heavy atom. The summed E-state index contributed by atoms with van der Waals surface area (Å²) < 4.78 is 19.6. The first-order valence-electron chi connectivity index (χ1n) is 6.18. The Morgan fingerprint density at radius 2 is 2.25 bits per heavy atom. The Balaban J connectivity index is 2.67. The van der Waals surface area contributed by atoms with Gasteiger partial charge in [0.25, 0.3) is 0 Å². The summed E-state index contributed by atoms with van der Waals surface area (Å²) in [5.74, 6) is -0.103. The van der Waals surface area contributed by atoms with E-state index >= 15 is 0 Å². The number of rotatable bonds is 8. The Bertz CT molecular complexity index is 457. The van der Waals surface area contributed by atoms with E-state index in [1.54, 1.807) is 19.2 Å². The lowest BCUT2D eigenvalue weighted by molar-refractivity contribution is 0.145. The highest BCUT2D eigenvalue weighted by Crippen LogP contribution is 2.17. The zero-order valence-corrected chi connectivity index (χ0v) is 12.9. The molecule has 5 nitrogen and oxygen atoms in total. The molecule has 0 aliphatic rings. The molecule has 0 fully saturated rings. The Kier molecular flexibility index (Phi) is 7.50. The van der Waals surface area contributed by atoms with E-state index < -0.39 is 0 Å². The van der Waals surface area contributed by atoms with Crippen LogP contribution in [0.25, 0.3) is 0 Å². The highest BCUT2D eigenvalue weighted by atomic mass is 79.9. The van der Waals surface area contributed by atoms with Gasteiger partial charge in [-0.05, 0) is 12.1 Å². The maximum absolute atomic E-state index is 13.8. The Labute approximate surface area is 126 Å². The number of hydrogen-bond donors (Lipinski definition) is 2. The summed E-state index contributed by atoms with van der Waals surface area (Å²) in [5.41, 5.74) is 6.06. The van der Waals surface area contributed by atoms with Crippen LogP contribution in [0.2, 0.25) is 0 Å². The zero-order chi connectivity index (χ0) is 15.0. The molecule has 0 spiro atoms. The predicted molar refractivity (Wildman–Crippen MR) is 79.3 cm³/mol. The first-order chi connectivity index (χ1) is 9.56. The molecular formula is C13H19BrFN3O2. The number of nitrogens with two attached hydrogens (primary N) is 1. The van der Waals surface area contributed by atoms with Gasteiger partial charge in [0.05, 0.1) is 6.61 Å². The van der Waals surface area contributed by atoms with E-state index in [4.69, 9.17) is 15.7 Å². The number of methoxy groups -OCH3 is 1. The molecule has 0 atom stereocenters. The molecular weight excluding hydrogens is 329 g/mol. The summed E-state index contributed by atoms with van der Waals surface area (Å²) in [5, 5.41) is 11.5. The Morgan fingerprint density at radius 3 is 2.85 bits per heavy atom. The van der Waals surface area contributed by atoms with Crippen LogP contribution in [0.15, 0.2) is 27.8 Å². The number of benzene rings is 1. The summed E-state index contributed by atoms with van der Waals surface area (Å²) in [6.45, 7) is 2.19. The summed E-state index contributed by atoms with van der Waals surface area (Å²) in [6.07, 6.45) is 0.415. The van der Waals surface area contributed by atoms with Crippen LogP contribution in [0.5, 0.6) is 0 Å². The third-order valence-electron chi connectivity index (χ3n) is 2.83. The number of hydrogen-bond acceptors (Lipinski definition) is 4. The molecule has 20 heavy (non-hydrogen) atoms. The predicted octanol–water partition coefficient (Wildman–Crippen LogP) is 2.17. The van der Waals surface area contributed by atoms with E-state index in [1.165, 1.54) is 6.07 Å². The number of halogens is 2. The average molecular weight is 348 g/mol. The highest BCUT2D eigenvalue weighted by molar-refractivity contribution is 9.10. The van der Waals surface area contributed by atoms with E-state index in [0.717, 1.165) is 0 Å². The van der Waals surface area contributed by atoms with Gasteiger partial charge in [0.1, 0.15) is 11.7 Å². The highest BCUT2D eigenvalue weighted by Gasteiger charge is 2.10. The van der Waals surface area contributed by atoms with Crippen LogP contribution < -0.4 is 5.73 Å².